The SMILES string of the molecule is Fc1ccc2c(c1)c1cc(F)ccc1[s+]2-c1ccc(OCc2ccc(I)cc2)cc1. The molecule has 0 bridgehead atoms. The third-order valence-electron chi connectivity index (χ3n) is 4.99. The predicted octanol–water partition coefficient (Wildman–Crippen LogP) is 8.19. The van der Waals surface area contributed by atoms with E-state index in [2.05, 4.69) is 46.9 Å². The lowest BCUT2D eigenvalue weighted by molar-refractivity contribution is 0.306. The van der Waals surface area contributed by atoms with E-state index in [0.29, 0.717) is 6.61 Å². The number of ether oxygens (including phenoxy) is 1. The van der Waals surface area contributed by atoms with Gasteiger partial charge in [-0.2, -0.15) is 0 Å². The quantitative estimate of drug-likeness (QED) is 0.169. The minimum Gasteiger partial charge on any atom is -0.489 e. The molecule has 0 saturated heterocycles. The highest BCUT2D eigenvalue weighted by molar-refractivity contribution is 14.1. The average molecular weight is 529 g/mol. The van der Waals surface area contributed by atoms with E-state index in [0.717, 1.165) is 36.4 Å². The molecule has 0 aliphatic carbocycles. The van der Waals surface area contributed by atoms with Crippen molar-refractivity contribution in [3.05, 3.63) is 106 Å². The zero-order chi connectivity index (χ0) is 20.7. The van der Waals surface area contributed by atoms with Gasteiger partial charge in [0.15, 0.2) is 14.3 Å². The van der Waals surface area contributed by atoms with Crippen molar-refractivity contribution in [2.45, 2.75) is 6.61 Å². The van der Waals surface area contributed by atoms with Crippen LogP contribution in [0.2, 0.25) is 0 Å². The van der Waals surface area contributed by atoms with Gasteiger partial charge < -0.3 is 4.74 Å². The van der Waals surface area contributed by atoms with Gasteiger partial charge in [-0.3, -0.25) is 0 Å². The molecule has 0 N–H and O–H groups in total. The molecule has 0 unspecified atom stereocenters. The molecule has 5 aromatic rings. The maximum Gasteiger partial charge on any atom is 0.187 e. The van der Waals surface area contributed by atoms with Crippen LogP contribution in [0.25, 0.3) is 25.1 Å². The summed E-state index contributed by atoms with van der Waals surface area (Å²) in [7, 11) is -0.398. The lowest BCUT2D eigenvalue weighted by Crippen LogP contribution is -1.95. The Balaban J connectivity index is 1.51. The second-order valence-corrected chi connectivity index (χ2v) is 10.2. The van der Waals surface area contributed by atoms with E-state index in [1.807, 2.05) is 36.4 Å². The average Bonchev–Trinajstić information content (AvgIpc) is 3.06. The van der Waals surface area contributed by atoms with Crippen LogP contribution >= 0.6 is 33.1 Å². The molecule has 0 radical (unpaired) electrons. The van der Waals surface area contributed by atoms with Crippen molar-refractivity contribution >= 4 is 53.2 Å². The van der Waals surface area contributed by atoms with Gasteiger partial charge in [0, 0.05) is 38.3 Å². The Bertz CT molecular complexity index is 1300. The van der Waals surface area contributed by atoms with Crippen molar-refractivity contribution in [3.63, 3.8) is 0 Å². The molecule has 1 heterocycles. The number of fused-ring (bicyclic) bond motifs is 3. The first kappa shape index (κ1) is 19.5. The van der Waals surface area contributed by atoms with E-state index >= 15 is 0 Å². The van der Waals surface area contributed by atoms with E-state index in [4.69, 9.17) is 4.74 Å². The molecular formula is C25H16F2IOS+. The lowest BCUT2D eigenvalue weighted by Gasteiger charge is -2.06. The van der Waals surface area contributed by atoms with E-state index in [1.54, 1.807) is 0 Å². The molecule has 4 aromatic carbocycles. The van der Waals surface area contributed by atoms with E-state index < -0.39 is 10.5 Å². The summed E-state index contributed by atoms with van der Waals surface area (Å²) in [6.45, 7) is 0.506. The van der Waals surface area contributed by atoms with Gasteiger partial charge in [-0.1, -0.05) is 12.1 Å². The Morgan fingerprint density at radius 3 is 1.83 bits per heavy atom. The number of halogens is 3. The normalized spacial score (nSPS) is 11.3. The first-order valence-corrected chi connectivity index (χ1v) is 11.7. The molecular weight excluding hydrogens is 513 g/mol. The first-order valence-electron chi connectivity index (χ1n) is 9.39. The third kappa shape index (κ3) is 3.68. The Morgan fingerprint density at radius 2 is 1.27 bits per heavy atom. The summed E-state index contributed by atoms with van der Waals surface area (Å²) in [5.74, 6) is 0.168. The van der Waals surface area contributed by atoms with Gasteiger partial charge in [0.05, 0.1) is 10.8 Å². The van der Waals surface area contributed by atoms with Gasteiger partial charge in [0.25, 0.3) is 0 Å². The van der Waals surface area contributed by atoms with Crippen molar-refractivity contribution in [1.29, 1.82) is 0 Å². The maximum absolute atomic E-state index is 13.9. The highest BCUT2D eigenvalue weighted by atomic mass is 127. The van der Waals surface area contributed by atoms with Crippen LogP contribution in [0.5, 0.6) is 5.75 Å². The molecule has 1 nitrogen and oxygen atoms in total. The fourth-order valence-electron chi connectivity index (χ4n) is 3.57. The minimum atomic E-state index is -0.398. The molecule has 0 aliphatic heterocycles. The summed E-state index contributed by atoms with van der Waals surface area (Å²) in [5.41, 5.74) is 1.11. The maximum atomic E-state index is 13.9. The number of hydrogen-bond donors (Lipinski definition) is 0. The van der Waals surface area contributed by atoms with Crippen LogP contribution in [0.15, 0.2) is 84.9 Å². The summed E-state index contributed by atoms with van der Waals surface area (Å²) < 4.78 is 36.9. The number of thiophene rings is 1. The van der Waals surface area contributed by atoms with Crippen LogP contribution < -0.4 is 4.74 Å². The van der Waals surface area contributed by atoms with Gasteiger partial charge in [-0.15, -0.1) is 0 Å². The Kier molecular flexibility index (Phi) is 5.16. The number of rotatable bonds is 4. The van der Waals surface area contributed by atoms with Gasteiger partial charge in [-0.25, -0.2) is 8.78 Å². The van der Waals surface area contributed by atoms with Crippen LogP contribution in [0.4, 0.5) is 8.78 Å². The summed E-state index contributed by atoms with van der Waals surface area (Å²) >= 11 is 2.28. The molecule has 0 amide bonds. The molecule has 0 fully saturated rings. The van der Waals surface area contributed by atoms with Gasteiger partial charge in [0.1, 0.15) is 24.0 Å². The molecule has 148 valence electrons. The van der Waals surface area contributed by atoms with Crippen molar-refractivity contribution in [2.24, 2.45) is 0 Å². The molecule has 1 aromatic heterocycles. The van der Waals surface area contributed by atoms with Crippen LogP contribution in [0, 0.1) is 15.2 Å². The second kappa shape index (κ2) is 7.96. The topological polar surface area (TPSA) is 9.23 Å². The van der Waals surface area contributed by atoms with Crippen molar-refractivity contribution in [3.8, 4) is 10.6 Å². The zero-order valence-electron chi connectivity index (χ0n) is 15.7. The Hall–Kier alpha value is -2.51. The Labute approximate surface area is 189 Å². The van der Waals surface area contributed by atoms with Gasteiger partial charge in [-0.05, 0) is 76.7 Å². The van der Waals surface area contributed by atoms with Crippen LogP contribution in [0.1, 0.15) is 5.56 Å². The zero-order valence-corrected chi connectivity index (χ0v) is 18.7. The molecule has 0 atom stereocenters. The molecule has 0 saturated carbocycles. The van der Waals surface area contributed by atoms with Crippen LogP contribution in [-0.2, 0) is 6.61 Å². The Morgan fingerprint density at radius 1 is 0.700 bits per heavy atom. The molecule has 30 heavy (non-hydrogen) atoms. The van der Waals surface area contributed by atoms with Gasteiger partial charge in [0.2, 0.25) is 0 Å². The van der Waals surface area contributed by atoms with Crippen molar-refractivity contribution < 1.29 is 13.5 Å². The minimum absolute atomic E-state index is 0.311. The monoisotopic (exact) mass is 529 g/mol. The van der Waals surface area contributed by atoms with E-state index in [1.165, 1.54) is 27.8 Å². The highest BCUT2D eigenvalue weighted by Gasteiger charge is 2.24. The summed E-state index contributed by atoms with van der Waals surface area (Å²) in [4.78, 5) is 1.09. The standard InChI is InChI=1S/C25H16F2IOS/c26-17-3-11-24-22(13-17)23-14-18(27)4-12-25(23)30(24)21-9-7-20(8-10-21)29-15-16-1-5-19(28)6-2-16/h1-14H,15H2/q+1. The fourth-order valence-corrected chi connectivity index (χ4v) is 6.27. The van der Waals surface area contributed by atoms with E-state index in [9.17, 15) is 8.78 Å². The second-order valence-electron chi connectivity index (χ2n) is 6.97. The summed E-state index contributed by atoms with van der Waals surface area (Å²) in [6.07, 6.45) is 0. The molecule has 5 heteroatoms. The smallest absolute Gasteiger partial charge is 0.187 e. The molecule has 0 aliphatic rings. The molecule has 0 spiro atoms. The largest absolute Gasteiger partial charge is 0.489 e. The fraction of sp³-hybridized carbons (Fsp3) is 0.0400. The summed E-state index contributed by atoms with van der Waals surface area (Å²) in [5, 5.41) is 1.54. The van der Waals surface area contributed by atoms with Crippen LogP contribution in [-0.4, -0.2) is 0 Å². The predicted molar refractivity (Wildman–Crippen MR) is 129 cm³/mol. The first-order chi connectivity index (χ1) is 14.6. The summed E-state index contributed by atoms with van der Waals surface area (Å²) in [6, 6.07) is 25.8. The van der Waals surface area contributed by atoms with Crippen molar-refractivity contribution in [1.82, 2.24) is 0 Å². The highest BCUT2D eigenvalue weighted by Crippen LogP contribution is 2.48. The lowest BCUT2D eigenvalue weighted by atomic mass is 10.1. The third-order valence-corrected chi connectivity index (χ3v) is 8.05. The van der Waals surface area contributed by atoms with Crippen LogP contribution in [0.3, 0.4) is 0 Å². The number of hydrogen-bond acceptors (Lipinski definition) is 1. The van der Waals surface area contributed by atoms with E-state index in [-0.39, 0.29) is 11.6 Å². The van der Waals surface area contributed by atoms with Gasteiger partial charge >= 0.3 is 0 Å². The molecule has 5 rings (SSSR count). The number of benzene rings is 4. The van der Waals surface area contributed by atoms with Crippen molar-refractivity contribution in [2.75, 3.05) is 0 Å².